The minimum atomic E-state index is -0.630. The molecular weight excluding hydrogens is 274 g/mol. The summed E-state index contributed by atoms with van der Waals surface area (Å²) in [6.07, 6.45) is -0.681. The van der Waals surface area contributed by atoms with Crippen LogP contribution in [-0.2, 0) is 19.1 Å². The maximum Gasteiger partial charge on any atom is 0.416 e. The lowest BCUT2D eigenvalue weighted by Crippen LogP contribution is -2.44. The zero-order chi connectivity index (χ0) is 16.4. The number of esters is 1. The van der Waals surface area contributed by atoms with E-state index in [9.17, 15) is 14.4 Å². The summed E-state index contributed by atoms with van der Waals surface area (Å²) in [5.74, 6) is -1.35. The van der Waals surface area contributed by atoms with E-state index in [0.29, 0.717) is 0 Å². The Bertz CT molecular complexity index is 424. The lowest BCUT2D eigenvalue weighted by molar-refractivity contribution is -0.158. The number of ether oxygens (including phenoxy) is 2. The van der Waals surface area contributed by atoms with Crippen molar-refractivity contribution in [3.8, 4) is 0 Å². The molecule has 0 saturated carbocycles. The summed E-state index contributed by atoms with van der Waals surface area (Å²) < 4.78 is 10.1. The molecule has 0 radical (unpaired) electrons. The van der Waals surface area contributed by atoms with Crippen LogP contribution in [0.15, 0.2) is 0 Å². The van der Waals surface area contributed by atoms with Crippen molar-refractivity contribution in [2.75, 3.05) is 6.61 Å². The minimum absolute atomic E-state index is 0.0509. The highest BCUT2D eigenvalue weighted by molar-refractivity contribution is 5.96. The first-order valence-corrected chi connectivity index (χ1v) is 7.24. The third-order valence-corrected chi connectivity index (χ3v) is 3.23. The zero-order valence-electron chi connectivity index (χ0n) is 13.6. The molecule has 2 atom stereocenters. The molecular formula is C15H25NO5. The summed E-state index contributed by atoms with van der Waals surface area (Å²) in [5.41, 5.74) is -0.590. The van der Waals surface area contributed by atoms with Gasteiger partial charge in [-0.25, -0.2) is 9.69 Å². The van der Waals surface area contributed by atoms with Crippen LogP contribution in [0.25, 0.3) is 0 Å². The number of rotatable bonds is 4. The topological polar surface area (TPSA) is 72.9 Å². The van der Waals surface area contributed by atoms with Crippen LogP contribution in [0, 0.1) is 11.8 Å². The molecule has 6 nitrogen and oxygen atoms in total. The number of carbonyl (C=O) groups is 3. The third kappa shape index (κ3) is 4.72. The molecule has 1 saturated heterocycles. The first-order valence-electron chi connectivity index (χ1n) is 7.24. The standard InChI is InChI=1S/C15H25NO5/c1-9(2)11-8-20-14(19)16(11)13(18)10(3)7-12(17)21-15(4,5)6/h9-11H,7-8H2,1-6H3/t10-,11-/m1/s1. The molecule has 0 aromatic carbocycles. The predicted molar refractivity (Wildman–Crippen MR) is 76.4 cm³/mol. The van der Waals surface area contributed by atoms with Gasteiger partial charge in [-0.2, -0.15) is 0 Å². The van der Waals surface area contributed by atoms with E-state index in [1.807, 2.05) is 13.8 Å². The first kappa shape index (κ1) is 17.5. The van der Waals surface area contributed by atoms with Crippen LogP contribution < -0.4 is 0 Å². The van der Waals surface area contributed by atoms with Crippen LogP contribution in [-0.4, -0.2) is 41.1 Å². The zero-order valence-corrected chi connectivity index (χ0v) is 13.6. The average molecular weight is 299 g/mol. The third-order valence-electron chi connectivity index (χ3n) is 3.23. The highest BCUT2D eigenvalue weighted by Crippen LogP contribution is 2.23. The van der Waals surface area contributed by atoms with Crippen molar-refractivity contribution in [2.45, 2.75) is 59.6 Å². The Kier molecular flexibility index (Phi) is 5.36. The van der Waals surface area contributed by atoms with Gasteiger partial charge >= 0.3 is 12.1 Å². The van der Waals surface area contributed by atoms with E-state index in [0.717, 1.165) is 4.90 Å². The normalized spacial score (nSPS) is 20.4. The molecule has 0 aromatic heterocycles. The second-order valence-corrected chi connectivity index (χ2v) is 6.79. The Morgan fingerprint density at radius 1 is 1.33 bits per heavy atom. The van der Waals surface area contributed by atoms with E-state index in [2.05, 4.69) is 0 Å². The van der Waals surface area contributed by atoms with Gasteiger partial charge in [-0.05, 0) is 26.7 Å². The average Bonchev–Trinajstić information content (AvgIpc) is 2.67. The molecule has 0 N–H and O–H groups in total. The second-order valence-electron chi connectivity index (χ2n) is 6.79. The summed E-state index contributed by atoms with van der Waals surface area (Å²) in [5, 5.41) is 0. The first-order chi connectivity index (χ1) is 9.53. The van der Waals surface area contributed by atoms with Gasteiger partial charge in [-0.15, -0.1) is 0 Å². The second kappa shape index (κ2) is 6.45. The lowest BCUT2D eigenvalue weighted by Gasteiger charge is -2.26. The van der Waals surface area contributed by atoms with E-state index in [4.69, 9.17) is 9.47 Å². The monoisotopic (exact) mass is 299 g/mol. The van der Waals surface area contributed by atoms with Crippen LogP contribution in [0.4, 0.5) is 4.79 Å². The number of cyclic esters (lactones) is 1. The van der Waals surface area contributed by atoms with Crippen molar-refractivity contribution in [2.24, 2.45) is 11.8 Å². The van der Waals surface area contributed by atoms with Gasteiger partial charge in [-0.1, -0.05) is 20.8 Å². The Balaban J connectivity index is 2.69. The van der Waals surface area contributed by atoms with Crippen molar-refractivity contribution in [3.63, 3.8) is 0 Å². The number of nitrogens with zero attached hydrogens (tertiary/aromatic N) is 1. The fraction of sp³-hybridized carbons (Fsp3) is 0.800. The lowest BCUT2D eigenvalue weighted by atomic mass is 10.0. The predicted octanol–water partition coefficient (Wildman–Crippen LogP) is 2.36. The number of hydrogen-bond donors (Lipinski definition) is 0. The van der Waals surface area contributed by atoms with Crippen molar-refractivity contribution in [3.05, 3.63) is 0 Å². The highest BCUT2D eigenvalue weighted by Gasteiger charge is 2.41. The number of amides is 2. The Labute approximate surface area is 125 Å². The van der Waals surface area contributed by atoms with E-state index in [1.54, 1.807) is 27.7 Å². The Morgan fingerprint density at radius 3 is 2.38 bits per heavy atom. The summed E-state index contributed by atoms with van der Waals surface area (Å²) in [4.78, 5) is 37.0. The van der Waals surface area contributed by atoms with Crippen LogP contribution in [0.3, 0.4) is 0 Å². The molecule has 2 amide bonds. The maximum atomic E-state index is 12.4. The van der Waals surface area contributed by atoms with Crippen LogP contribution >= 0.6 is 0 Å². The summed E-state index contributed by atoms with van der Waals surface area (Å²) in [7, 11) is 0. The highest BCUT2D eigenvalue weighted by atomic mass is 16.6. The van der Waals surface area contributed by atoms with Gasteiger partial charge in [0.25, 0.3) is 0 Å². The van der Waals surface area contributed by atoms with Crippen molar-refractivity contribution in [1.82, 2.24) is 4.90 Å². The van der Waals surface area contributed by atoms with E-state index in [1.165, 1.54) is 0 Å². The molecule has 0 unspecified atom stereocenters. The molecule has 6 heteroatoms. The molecule has 0 spiro atoms. The van der Waals surface area contributed by atoms with Crippen LogP contribution in [0.5, 0.6) is 0 Å². The molecule has 1 fully saturated rings. The number of imide groups is 1. The van der Waals surface area contributed by atoms with Crippen molar-refractivity contribution < 1.29 is 23.9 Å². The molecule has 1 rings (SSSR count). The molecule has 120 valence electrons. The Morgan fingerprint density at radius 2 is 1.90 bits per heavy atom. The van der Waals surface area contributed by atoms with Crippen LogP contribution in [0.1, 0.15) is 48.0 Å². The molecule has 1 heterocycles. The maximum absolute atomic E-state index is 12.4. The van der Waals surface area contributed by atoms with E-state index < -0.39 is 23.6 Å². The van der Waals surface area contributed by atoms with Crippen LogP contribution in [0.2, 0.25) is 0 Å². The molecule has 1 aliphatic rings. The summed E-state index contributed by atoms with van der Waals surface area (Å²) in [6, 6.07) is -0.272. The van der Waals surface area contributed by atoms with Gasteiger partial charge in [0.1, 0.15) is 12.2 Å². The molecule has 0 bridgehead atoms. The van der Waals surface area contributed by atoms with Crippen molar-refractivity contribution in [1.29, 1.82) is 0 Å². The van der Waals surface area contributed by atoms with Gasteiger partial charge in [0, 0.05) is 5.92 Å². The van der Waals surface area contributed by atoms with Gasteiger partial charge < -0.3 is 9.47 Å². The SMILES string of the molecule is CC(C)[C@H]1COC(=O)N1C(=O)[C@H](C)CC(=O)OC(C)(C)C. The fourth-order valence-corrected chi connectivity index (χ4v) is 2.14. The number of hydrogen-bond acceptors (Lipinski definition) is 5. The Hall–Kier alpha value is -1.59. The molecule has 0 aliphatic carbocycles. The van der Waals surface area contributed by atoms with Gasteiger partial charge in [0.15, 0.2) is 0 Å². The van der Waals surface area contributed by atoms with E-state index in [-0.39, 0.29) is 30.9 Å². The van der Waals surface area contributed by atoms with Gasteiger partial charge in [0.2, 0.25) is 5.91 Å². The molecule has 0 aromatic rings. The molecule has 1 aliphatic heterocycles. The largest absolute Gasteiger partial charge is 0.460 e. The quantitative estimate of drug-likeness (QED) is 0.745. The van der Waals surface area contributed by atoms with E-state index >= 15 is 0 Å². The fourth-order valence-electron chi connectivity index (χ4n) is 2.14. The summed E-state index contributed by atoms with van der Waals surface area (Å²) >= 11 is 0. The molecule has 21 heavy (non-hydrogen) atoms. The van der Waals surface area contributed by atoms with Gasteiger partial charge in [0.05, 0.1) is 12.5 Å². The summed E-state index contributed by atoms with van der Waals surface area (Å²) in [6.45, 7) is 11.0. The number of carbonyl (C=O) groups excluding carboxylic acids is 3. The van der Waals surface area contributed by atoms with Gasteiger partial charge in [-0.3, -0.25) is 9.59 Å². The van der Waals surface area contributed by atoms with Crippen molar-refractivity contribution >= 4 is 18.0 Å². The smallest absolute Gasteiger partial charge is 0.416 e. The minimum Gasteiger partial charge on any atom is -0.460 e.